The first kappa shape index (κ1) is 24.4. The minimum absolute atomic E-state index is 0.133. The molecular weight excluding hydrogens is 489 g/mol. The second kappa shape index (κ2) is 11.6. The van der Waals surface area contributed by atoms with E-state index in [2.05, 4.69) is 15.8 Å². The molecule has 3 aromatic carbocycles. The van der Waals surface area contributed by atoms with Gasteiger partial charge in [0.05, 0.1) is 34.1 Å². The molecule has 10 heteroatoms. The average Bonchev–Trinajstić information content (AvgIpc) is 2.81. The number of para-hydroxylation sites is 1. The third-order valence-electron chi connectivity index (χ3n) is 4.31. The van der Waals surface area contributed by atoms with Gasteiger partial charge in [-0.2, -0.15) is 5.10 Å². The van der Waals surface area contributed by atoms with Crippen LogP contribution in [0.2, 0.25) is 15.1 Å². The molecule has 0 fully saturated rings. The molecule has 0 unspecified atom stereocenters. The molecule has 0 aromatic heterocycles. The lowest BCUT2D eigenvalue weighted by Gasteiger charge is -2.12. The number of ether oxygens (including phenoxy) is 2. The predicted molar refractivity (Wildman–Crippen MR) is 130 cm³/mol. The zero-order chi connectivity index (χ0) is 23.8. The number of anilines is 1. The van der Waals surface area contributed by atoms with E-state index in [-0.39, 0.29) is 22.3 Å². The van der Waals surface area contributed by atoms with Crippen molar-refractivity contribution >= 4 is 58.5 Å². The number of methoxy groups -OCH3 is 1. The standard InChI is InChI=1S/C23H18Cl3N3O4/c1-32-19-10-9-14(11-15(19)13-33-20-8-3-2-5-16(20)24)12-27-29-23(31)22(30)28-18-7-4-6-17(25)21(18)26/h2-12H,13H2,1H3,(H,28,30)(H,29,31)/b27-12+. The molecule has 2 N–H and O–H groups in total. The van der Waals surface area contributed by atoms with E-state index in [0.717, 1.165) is 5.56 Å². The molecule has 3 aromatic rings. The Labute approximate surface area is 205 Å². The van der Waals surface area contributed by atoms with E-state index in [1.54, 1.807) is 49.6 Å². The Bertz CT molecular complexity index is 1200. The summed E-state index contributed by atoms with van der Waals surface area (Å²) in [4.78, 5) is 24.1. The Morgan fingerprint density at radius 3 is 2.45 bits per heavy atom. The molecule has 0 radical (unpaired) electrons. The molecule has 3 rings (SSSR count). The highest BCUT2D eigenvalue weighted by Gasteiger charge is 2.15. The number of hydrogen-bond donors (Lipinski definition) is 2. The molecule has 0 heterocycles. The third-order valence-corrected chi connectivity index (χ3v) is 5.44. The number of nitrogens with one attached hydrogen (secondary N) is 2. The predicted octanol–water partition coefficient (Wildman–Crippen LogP) is 5.32. The molecule has 0 aliphatic heterocycles. The van der Waals surface area contributed by atoms with Crippen molar-refractivity contribution in [3.63, 3.8) is 0 Å². The van der Waals surface area contributed by atoms with Gasteiger partial charge in [-0.05, 0) is 48.0 Å². The molecule has 33 heavy (non-hydrogen) atoms. The van der Waals surface area contributed by atoms with Crippen molar-refractivity contribution in [3.8, 4) is 11.5 Å². The fourth-order valence-electron chi connectivity index (χ4n) is 2.70. The second-order valence-electron chi connectivity index (χ2n) is 6.55. The maximum absolute atomic E-state index is 12.1. The number of amides is 2. The summed E-state index contributed by atoms with van der Waals surface area (Å²) in [7, 11) is 1.55. The lowest BCUT2D eigenvalue weighted by molar-refractivity contribution is -0.136. The van der Waals surface area contributed by atoms with Crippen molar-refractivity contribution < 1.29 is 19.1 Å². The van der Waals surface area contributed by atoms with Gasteiger partial charge < -0.3 is 14.8 Å². The van der Waals surface area contributed by atoms with Crippen LogP contribution in [0.25, 0.3) is 0 Å². The molecule has 7 nitrogen and oxygen atoms in total. The van der Waals surface area contributed by atoms with E-state index in [4.69, 9.17) is 44.3 Å². The van der Waals surface area contributed by atoms with Gasteiger partial charge in [0.15, 0.2) is 0 Å². The number of hydrazone groups is 1. The molecule has 0 aliphatic carbocycles. The lowest BCUT2D eigenvalue weighted by atomic mass is 10.1. The highest BCUT2D eigenvalue weighted by Crippen LogP contribution is 2.29. The molecule has 0 aliphatic rings. The molecule has 170 valence electrons. The van der Waals surface area contributed by atoms with Gasteiger partial charge in [-0.1, -0.05) is 53.0 Å². The van der Waals surface area contributed by atoms with E-state index in [1.807, 2.05) is 12.1 Å². The first-order valence-electron chi connectivity index (χ1n) is 9.51. The van der Waals surface area contributed by atoms with Crippen LogP contribution in [0, 0.1) is 0 Å². The van der Waals surface area contributed by atoms with Crippen LogP contribution in [-0.4, -0.2) is 25.1 Å². The van der Waals surface area contributed by atoms with Crippen molar-refractivity contribution in [2.24, 2.45) is 5.10 Å². The Balaban J connectivity index is 1.62. The first-order chi connectivity index (χ1) is 15.9. The van der Waals surface area contributed by atoms with Crippen molar-refractivity contribution in [1.82, 2.24) is 5.43 Å². The summed E-state index contributed by atoms with van der Waals surface area (Å²) < 4.78 is 11.1. The Morgan fingerprint density at radius 2 is 1.70 bits per heavy atom. The zero-order valence-corrected chi connectivity index (χ0v) is 19.5. The van der Waals surface area contributed by atoms with Crippen molar-refractivity contribution in [3.05, 3.63) is 86.9 Å². The van der Waals surface area contributed by atoms with Crippen LogP contribution >= 0.6 is 34.8 Å². The van der Waals surface area contributed by atoms with E-state index in [9.17, 15) is 9.59 Å². The molecule has 0 bridgehead atoms. The van der Waals surface area contributed by atoms with Crippen LogP contribution in [0.15, 0.2) is 65.8 Å². The number of carbonyl (C=O) groups excluding carboxylic acids is 2. The van der Waals surface area contributed by atoms with Gasteiger partial charge in [0.25, 0.3) is 0 Å². The number of benzene rings is 3. The lowest BCUT2D eigenvalue weighted by Crippen LogP contribution is -2.32. The van der Waals surface area contributed by atoms with Crippen molar-refractivity contribution in [1.29, 1.82) is 0 Å². The quantitative estimate of drug-likeness (QED) is 0.258. The van der Waals surface area contributed by atoms with Crippen LogP contribution in [0.5, 0.6) is 11.5 Å². The Kier molecular flexibility index (Phi) is 8.54. The van der Waals surface area contributed by atoms with Gasteiger partial charge in [-0.25, -0.2) is 5.43 Å². The Morgan fingerprint density at radius 1 is 0.939 bits per heavy atom. The number of halogens is 3. The fraction of sp³-hybridized carbons (Fsp3) is 0.0870. The summed E-state index contributed by atoms with van der Waals surface area (Å²) >= 11 is 18.0. The number of rotatable bonds is 7. The van der Waals surface area contributed by atoms with Gasteiger partial charge in [-0.15, -0.1) is 0 Å². The van der Waals surface area contributed by atoms with Crippen LogP contribution in [0.1, 0.15) is 11.1 Å². The SMILES string of the molecule is COc1ccc(/C=N/NC(=O)C(=O)Nc2cccc(Cl)c2Cl)cc1COc1ccccc1Cl. The normalized spacial score (nSPS) is 10.7. The van der Waals surface area contributed by atoms with Crippen molar-refractivity contribution in [2.45, 2.75) is 6.61 Å². The number of carbonyl (C=O) groups is 2. The van der Waals surface area contributed by atoms with Crippen LogP contribution in [-0.2, 0) is 16.2 Å². The maximum atomic E-state index is 12.1. The van der Waals surface area contributed by atoms with Gasteiger partial charge >= 0.3 is 11.8 Å². The minimum Gasteiger partial charge on any atom is -0.496 e. The summed E-state index contributed by atoms with van der Waals surface area (Å²) in [6.45, 7) is 0.198. The summed E-state index contributed by atoms with van der Waals surface area (Å²) in [5, 5.41) is 7.08. The van der Waals surface area contributed by atoms with Gasteiger partial charge in [-0.3, -0.25) is 9.59 Å². The van der Waals surface area contributed by atoms with E-state index >= 15 is 0 Å². The highest BCUT2D eigenvalue weighted by atomic mass is 35.5. The van der Waals surface area contributed by atoms with Gasteiger partial charge in [0.1, 0.15) is 18.1 Å². The summed E-state index contributed by atoms with van der Waals surface area (Å²) in [6, 6.07) is 17.0. The zero-order valence-electron chi connectivity index (χ0n) is 17.3. The van der Waals surface area contributed by atoms with E-state index in [1.165, 1.54) is 12.3 Å². The molecule has 0 spiro atoms. The summed E-state index contributed by atoms with van der Waals surface area (Å²) in [5.74, 6) is -0.766. The third kappa shape index (κ3) is 6.61. The fourth-order valence-corrected chi connectivity index (χ4v) is 3.24. The van der Waals surface area contributed by atoms with E-state index in [0.29, 0.717) is 22.1 Å². The largest absolute Gasteiger partial charge is 0.496 e. The molecule has 2 amide bonds. The Hall–Kier alpha value is -3.26. The topological polar surface area (TPSA) is 89.0 Å². The number of hydrogen-bond acceptors (Lipinski definition) is 5. The minimum atomic E-state index is -0.974. The monoisotopic (exact) mass is 505 g/mol. The summed E-state index contributed by atoms with van der Waals surface area (Å²) in [5.41, 5.74) is 3.76. The summed E-state index contributed by atoms with van der Waals surface area (Å²) in [6.07, 6.45) is 1.38. The van der Waals surface area contributed by atoms with Crippen LogP contribution in [0.3, 0.4) is 0 Å². The molecular formula is C23H18Cl3N3O4. The van der Waals surface area contributed by atoms with Crippen LogP contribution < -0.4 is 20.2 Å². The van der Waals surface area contributed by atoms with E-state index < -0.39 is 11.8 Å². The smallest absolute Gasteiger partial charge is 0.329 e. The first-order valence-corrected chi connectivity index (χ1v) is 10.6. The van der Waals surface area contributed by atoms with Gasteiger partial charge in [0.2, 0.25) is 0 Å². The molecule has 0 atom stereocenters. The average molecular weight is 507 g/mol. The van der Waals surface area contributed by atoms with Crippen molar-refractivity contribution in [2.75, 3.05) is 12.4 Å². The molecule has 0 saturated heterocycles. The number of nitrogens with zero attached hydrogens (tertiary/aromatic N) is 1. The molecule has 0 saturated carbocycles. The van der Waals surface area contributed by atoms with Crippen LogP contribution in [0.4, 0.5) is 5.69 Å². The van der Waals surface area contributed by atoms with Gasteiger partial charge in [0, 0.05) is 5.56 Å². The maximum Gasteiger partial charge on any atom is 0.329 e. The highest BCUT2D eigenvalue weighted by molar-refractivity contribution is 6.45. The second-order valence-corrected chi connectivity index (χ2v) is 7.74.